The Balaban J connectivity index is 2.26. The number of hydrogen-bond donors (Lipinski definition) is 2. The van der Waals surface area contributed by atoms with Gasteiger partial charge < -0.3 is 11.1 Å². The molecule has 0 atom stereocenters. The van der Waals surface area contributed by atoms with Gasteiger partial charge in [0.2, 0.25) is 10.0 Å². The average molecular weight is 326 g/mol. The lowest BCUT2D eigenvalue weighted by Gasteiger charge is -2.14. The molecule has 2 aromatic rings. The molecule has 2 rings (SSSR count). The quantitative estimate of drug-likeness (QED) is 0.819. The number of hydrogen-bond acceptors (Lipinski definition) is 6. The van der Waals surface area contributed by atoms with Gasteiger partial charge in [-0.25, -0.2) is 17.7 Å². The molecule has 0 bridgehead atoms. The number of nitrogens with zero attached hydrogens (tertiary/aromatic N) is 2. The zero-order valence-corrected chi connectivity index (χ0v) is 13.8. The van der Waals surface area contributed by atoms with Gasteiger partial charge in [0, 0.05) is 19.0 Å². The Labute approximate surface area is 128 Å². The summed E-state index contributed by atoms with van der Waals surface area (Å²) >= 11 is 1.55. The Morgan fingerprint density at radius 1 is 1.38 bits per heavy atom. The van der Waals surface area contributed by atoms with E-state index in [4.69, 9.17) is 5.73 Å². The van der Waals surface area contributed by atoms with Gasteiger partial charge in [0.1, 0.15) is 0 Å². The molecular weight excluding hydrogens is 308 g/mol. The number of rotatable bonds is 5. The number of thiazole rings is 1. The Hall–Kier alpha value is -1.64. The first-order valence-corrected chi connectivity index (χ1v) is 8.59. The summed E-state index contributed by atoms with van der Waals surface area (Å²) in [6.07, 6.45) is 0. The van der Waals surface area contributed by atoms with E-state index >= 15 is 0 Å². The molecule has 6 nitrogen and oxygen atoms in total. The zero-order valence-electron chi connectivity index (χ0n) is 12.1. The minimum Gasteiger partial charge on any atom is -0.397 e. The van der Waals surface area contributed by atoms with Gasteiger partial charge in [0.25, 0.3) is 0 Å². The summed E-state index contributed by atoms with van der Waals surface area (Å²) in [5, 5.41) is 3.17. The van der Waals surface area contributed by atoms with E-state index in [-0.39, 0.29) is 4.90 Å². The summed E-state index contributed by atoms with van der Waals surface area (Å²) in [5.74, 6) is 0. The van der Waals surface area contributed by atoms with E-state index < -0.39 is 10.0 Å². The van der Waals surface area contributed by atoms with Crippen molar-refractivity contribution in [2.24, 2.45) is 0 Å². The molecule has 0 aliphatic heterocycles. The number of nitrogens with two attached hydrogens (primary N) is 1. The Morgan fingerprint density at radius 2 is 2.10 bits per heavy atom. The molecule has 114 valence electrons. The van der Waals surface area contributed by atoms with Crippen LogP contribution >= 0.6 is 11.3 Å². The minimum absolute atomic E-state index is 0.213. The van der Waals surface area contributed by atoms with Crippen molar-refractivity contribution in [3.8, 4) is 0 Å². The Bertz CT molecular complexity index is 738. The second kappa shape index (κ2) is 6.00. The number of nitrogen functional groups attached to an aromatic ring is 1. The second-order valence-corrected chi connectivity index (χ2v) is 7.84. The van der Waals surface area contributed by atoms with Crippen molar-refractivity contribution in [1.82, 2.24) is 9.29 Å². The van der Waals surface area contributed by atoms with Gasteiger partial charge in [-0.05, 0) is 25.1 Å². The smallest absolute Gasteiger partial charge is 0.242 e. The molecule has 0 aliphatic rings. The Morgan fingerprint density at radius 3 is 2.67 bits per heavy atom. The summed E-state index contributed by atoms with van der Waals surface area (Å²) in [4.78, 5) is 5.48. The zero-order chi connectivity index (χ0) is 15.6. The van der Waals surface area contributed by atoms with Crippen LogP contribution in [0, 0.1) is 6.92 Å². The van der Waals surface area contributed by atoms with Crippen molar-refractivity contribution < 1.29 is 8.42 Å². The summed E-state index contributed by atoms with van der Waals surface area (Å²) in [6.45, 7) is 2.50. The average Bonchev–Trinajstić information content (AvgIpc) is 2.83. The van der Waals surface area contributed by atoms with Crippen LogP contribution in [0.4, 0.5) is 11.4 Å². The Kier molecular flexibility index (Phi) is 4.50. The van der Waals surface area contributed by atoms with Gasteiger partial charge in [-0.1, -0.05) is 0 Å². The predicted molar refractivity (Wildman–Crippen MR) is 85.9 cm³/mol. The van der Waals surface area contributed by atoms with Crippen LogP contribution in [0.3, 0.4) is 0 Å². The van der Waals surface area contributed by atoms with E-state index in [2.05, 4.69) is 10.3 Å². The summed E-state index contributed by atoms with van der Waals surface area (Å²) in [5.41, 5.74) is 9.76. The normalized spacial score (nSPS) is 11.8. The van der Waals surface area contributed by atoms with Gasteiger partial charge in [-0.2, -0.15) is 0 Å². The highest BCUT2D eigenvalue weighted by molar-refractivity contribution is 7.89. The van der Waals surface area contributed by atoms with Crippen molar-refractivity contribution in [2.45, 2.75) is 18.4 Å². The molecule has 0 unspecified atom stereocenters. The van der Waals surface area contributed by atoms with Crippen molar-refractivity contribution >= 4 is 32.7 Å². The third-order valence-corrected chi connectivity index (χ3v) is 5.83. The van der Waals surface area contributed by atoms with Crippen molar-refractivity contribution in [3.63, 3.8) is 0 Å². The standard InChI is InChI=1S/C13H18N4O2S2/c1-9-13(20-8-16-9)7-15-12-6-10(4-5-11(12)14)21(18,19)17(2)3/h4-6,8,15H,7,14H2,1-3H3. The molecule has 0 spiro atoms. The topological polar surface area (TPSA) is 88.3 Å². The predicted octanol–water partition coefficient (Wildman–Crippen LogP) is 1.90. The maximum absolute atomic E-state index is 12.1. The van der Waals surface area contributed by atoms with Crippen molar-refractivity contribution in [3.05, 3.63) is 34.3 Å². The molecule has 0 saturated carbocycles. The maximum Gasteiger partial charge on any atom is 0.242 e. The minimum atomic E-state index is -3.47. The molecule has 0 aliphatic carbocycles. The highest BCUT2D eigenvalue weighted by Crippen LogP contribution is 2.25. The van der Waals surface area contributed by atoms with E-state index in [0.717, 1.165) is 10.6 Å². The number of aryl methyl sites for hydroxylation is 1. The first kappa shape index (κ1) is 15.7. The molecular formula is C13H18N4O2S2. The first-order chi connectivity index (χ1) is 9.82. The molecule has 21 heavy (non-hydrogen) atoms. The first-order valence-electron chi connectivity index (χ1n) is 6.27. The molecule has 0 saturated heterocycles. The second-order valence-electron chi connectivity index (χ2n) is 4.75. The SMILES string of the molecule is Cc1ncsc1CNc1cc(S(=O)(=O)N(C)C)ccc1N. The third kappa shape index (κ3) is 3.34. The van der Waals surface area contributed by atoms with Gasteiger partial charge in [0.15, 0.2) is 0 Å². The molecule has 1 aromatic carbocycles. The van der Waals surface area contributed by atoms with Gasteiger partial charge in [0.05, 0.1) is 34.0 Å². The summed E-state index contributed by atoms with van der Waals surface area (Å²) in [7, 11) is -0.469. The summed E-state index contributed by atoms with van der Waals surface area (Å²) in [6, 6.07) is 4.66. The van der Waals surface area contributed by atoms with Crippen LogP contribution in [0.5, 0.6) is 0 Å². The van der Waals surface area contributed by atoms with Gasteiger partial charge in [-0.3, -0.25) is 0 Å². The third-order valence-electron chi connectivity index (χ3n) is 3.09. The monoisotopic (exact) mass is 326 g/mol. The number of sulfonamides is 1. The van der Waals surface area contributed by atoms with Crippen LogP contribution in [0.1, 0.15) is 10.6 Å². The lowest BCUT2D eigenvalue weighted by atomic mass is 10.2. The van der Waals surface area contributed by atoms with E-state index in [1.54, 1.807) is 29.0 Å². The highest BCUT2D eigenvalue weighted by atomic mass is 32.2. The lowest BCUT2D eigenvalue weighted by Crippen LogP contribution is -2.22. The fourth-order valence-electron chi connectivity index (χ4n) is 1.73. The molecule has 0 amide bonds. The van der Waals surface area contributed by atoms with Crippen LogP contribution in [0.15, 0.2) is 28.6 Å². The molecule has 1 aromatic heterocycles. The van der Waals surface area contributed by atoms with E-state index in [1.165, 1.54) is 24.5 Å². The largest absolute Gasteiger partial charge is 0.397 e. The fraction of sp³-hybridized carbons (Fsp3) is 0.308. The number of benzene rings is 1. The van der Waals surface area contributed by atoms with Crippen molar-refractivity contribution in [2.75, 3.05) is 25.1 Å². The number of nitrogens with one attached hydrogen (secondary N) is 1. The fourth-order valence-corrected chi connectivity index (χ4v) is 3.38. The van der Waals surface area contributed by atoms with E-state index in [9.17, 15) is 8.42 Å². The van der Waals surface area contributed by atoms with E-state index in [0.29, 0.717) is 17.9 Å². The van der Waals surface area contributed by atoms with Crippen LogP contribution < -0.4 is 11.1 Å². The number of anilines is 2. The molecule has 1 heterocycles. The van der Waals surface area contributed by atoms with Crippen LogP contribution in [0.25, 0.3) is 0 Å². The lowest BCUT2D eigenvalue weighted by molar-refractivity contribution is 0.521. The van der Waals surface area contributed by atoms with E-state index in [1.807, 2.05) is 6.92 Å². The van der Waals surface area contributed by atoms with Crippen LogP contribution in [-0.4, -0.2) is 31.8 Å². The molecule has 0 radical (unpaired) electrons. The number of aromatic nitrogens is 1. The molecule has 3 N–H and O–H groups in total. The van der Waals surface area contributed by atoms with Gasteiger partial charge in [-0.15, -0.1) is 11.3 Å². The van der Waals surface area contributed by atoms with Gasteiger partial charge >= 0.3 is 0 Å². The van der Waals surface area contributed by atoms with Crippen LogP contribution in [0.2, 0.25) is 0 Å². The maximum atomic E-state index is 12.1. The van der Waals surface area contributed by atoms with Crippen molar-refractivity contribution in [1.29, 1.82) is 0 Å². The highest BCUT2D eigenvalue weighted by Gasteiger charge is 2.18. The molecule has 0 fully saturated rings. The molecule has 8 heteroatoms. The van der Waals surface area contributed by atoms with Crippen LogP contribution in [-0.2, 0) is 16.6 Å². The summed E-state index contributed by atoms with van der Waals surface area (Å²) < 4.78 is 25.4.